The number of rotatable bonds is 2. The minimum Gasteiger partial charge on any atom is -0.444 e. The van der Waals surface area contributed by atoms with Crippen molar-refractivity contribution in [3.05, 3.63) is 18.3 Å². The van der Waals surface area contributed by atoms with Crippen LogP contribution in [0, 0.1) is 0 Å². The van der Waals surface area contributed by atoms with E-state index in [2.05, 4.69) is 9.88 Å². The van der Waals surface area contributed by atoms with Crippen LogP contribution in [-0.2, 0) is 9.53 Å². The topological polar surface area (TPSA) is 86.2 Å². The van der Waals surface area contributed by atoms with Gasteiger partial charge in [-0.15, -0.1) is 0 Å². The van der Waals surface area contributed by atoms with Gasteiger partial charge in [-0.3, -0.25) is 9.69 Å². The maximum absolute atomic E-state index is 12.1. The summed E-state index contributed by atoms with van der Waals surface area (Å²) in [4.78, 5) is 33.7. The maximum atomic E-state index is 12.1. The van der Waals surface area contributed by atoms with Crippen LogP contribution in [0.2, 0.25) is 0 Å². The van der Waals surface area contributed by atoms with Crippen molar-refractivity contribution >= 4 is 23.5 Å². The van der Waals surface area contributed by atoms with Crippen molar-refractivity contribution in [2.75, 3.05) is 42.5 Å². The van der Waals surface area contributed by atoms with Gasteiger partial charge in [-0.05, 0) is 32.9 Å². The zero-order valence-corrected chi connectivity index (χ0v) is 15.5. The molecular formula is C18H26N4O4. The van der Waals surface area contributed by atoms with Crippen molar-refractivity contribution in [3.63, 3.8) is 0 Å². The van der Waals surface area contributed by atoms with Gasteiger partial charge in [0.15, 0.2) is 0 Å². The van der Waals surface area contributed by atoms with Crippen molar-refractivity contribution in [1.82, 2.24) is 9.88 Å². The van der Waals surface area contributed by atoms with Gasteiger partial charge in [0.25, 0.3) is 0 Å². The summed E-state index contributed by atoms with van der Waals surface area (Å²) < 4.78 is 5.41. The molecule has 1 unspecified atom stereocenters. The quantitative estimate of drug-likeness (QED) is 0.852. The fraction of sp³-hybridized carbons (Fsp3) is 0.611. The third-order valence-corrected chi connectivity index (χ3v) is 4.41. The monoisotopic (exact) mass is 362 g/mol. The average Bonchev–Trinajstić information content (AvgIpc) is 2.92. The van der Waals surface area contributed by atoms with E-state index < -0.39 is 11.7 Å². The van der Waals surface area contributed by atoms with Crippen LogP contribution in [0.1, 0.15) is 27.2 Å². The molecular weight excluding hydrogens is 336 g/mol. The molecule has 8 heteroatoms. The van der Waals surface area contributed by atoms with E-state index in [4.69, 9.17) is 4.74 Å². The molecule has 0 aliphatic carbocycles. The first-order valence-corrected chi connectivity index (χ1v) is 8.90. The minimum atomic E-state index is -0.620. The summed E-state index contributed by atoms with van der Waals surface area (Å²) in [7, 11) is 0. The Bertz CT molecular complexity index is 663. The number of carbonyl (C=O) groups is 2. The Balaban J connectivity index is 1.57. The van der Waals surface area contributed by atoms with Crippen LogP contribution in [0.25, 0.3) is 0 Å². The second kappa shape index (κ2) is 7.11. The number of hydrogen-bond donors (Lipinski definition) is 1. The lowest BCUT2D eigenvalue weighted by molar-refractivity contribution is -0.117. The molecule has 3 heterocycles. The summed E-state index contributed by atoms with van der Waals surface area (Å²) in [6.07, 6.45) is 0.980. The highest BCUT2D eigenvalue weighted by molar-refractivity contribution is 5.95. The van der Waals surface area contributed by atoms with Gasteiger partial charge in [0.1, 0.15) is 11.4 Å². The molecule has 1 aromatic rings. The third-order valence-electron chi connectivity index (χ3n) is 4.41. The highest BCUT2D eigenvalue weighted by Crippen LogP contribution is 2.23. The number of ether oxygens (including phenoxy) is 1. The highest BCUT2D eigenvalue weighted by atomic mass is 16.6. The first kappa shape index (κ1) is 18.4. The Labute approximate surface area is 153 Å². The van der Waals surface area contributed by atoms with Crippen LogP contribution in [0.15, 0.2) is 18.3 Å². The van der Waals surface area contributed by atoms with E-state index in [1.54, 1.807) is 17.2 Å². The fourth-order valence-electron chi connectivity index (χ4n) is 3.11. The largest absolute Gasteiger partial charge is 0.444 e. The second-order valence-corrected chi connectivity index (χ2v) is 7.69. The number of aromatic nitrogens is 1. The van der Waals surface area contributed by atoms with Gasteiger partial charge in [0.2, 0.25) is 5.91 Å². The predicted molar refractivity (Wildman–Crippen MR) is 97.2 cm³/mol. The Kier molecular flexibility index (Phi) is 5.04. The number of amides is 2. The van der Waals surface area contributed by atoms with Gasteiger partial charge < -0.3 is 19.6 Å². The van der Waals surface area contributed by atoms with Crippen LogP contribution in [0.5, 0.6) is 0 Å². The summed E-state index contributed by atoms with van der Waals surface area (Å²) in [6.45, 7) is 8.44. The molecule has 2 fully saturated rings. The van der Waals surface area contributed by atoms with Gasteiger partial charge in [-0.25, -0.2) is 9.78 Å². The molecule has 1 N–H and O–H groups in total. The van der Waals surface area contributed by atoms with Crippen LogP contribution in [0.3, 0.4) is 0 Å². The van der Waals surface area contributed by atoms with Crippen molar-refractivity contribution in [2.24, 2.45) is 0 Å². The Morgan fingerprint density at radius 1 is 1.23 bits per heavy atom. The molecule has 0 radical (unpaired) electrons. The molecule has 1 aromatic heterocycles. The number of hydrogen-bond acceptors (Lipinski definition) is 6. The lowest BCUT2D eigenvalue weighted by Crippen LogP contribution is -2.50. The minimum absolute atomic E-state index is 0.108. The van der Waals surface area contributed by atoms with E-state index in [9.17, 15) is 14.7 Å². The first-order chi connectivity index (χ1) is 12.2. The molecule has 2 saturated heterocycles. The molecule has 2 aliphatic rings. The number of aliphatic hydroxyl groups excluding tert-OH is 1. The number of piperazine rings is 1. The van der Waals surface area contributed by atoms with E-state index in [1.165, 1.54) is 4.90 Å². The normalized spacial score (nSPS) is 21.3. The van der Waals surface area contributed by atoms with E-state index in [0.717, 1.165) is 5.69 Å². The summed E-state index contributed by atoms with van der Waals surface area (Å²) in [5, 5.41) is 9.59. The fourth-order valence-corrected chi connectivity index (χ4v) is 3.11. The summed E-state index contributed by atoms with van der Waals surface area (Å²) >= 11 is 0. The third kappa shape index (κ3) is 4.24. The molecule has 0 saturated carbocycles. The summed E-state index contributed by atoms with van der Waals surface area (Å²) in [5.41, 5.74) is 0.457. The summed E-state index contributed by atoms with van der Waals surface area (Å²) in [5.74, 6) is 0.450. The lowest BCUT2D eigenvalue weighted by atomic mass is 10.2. The van der Waals surface area contributed by atoms with Crippen molar-refractivity contribution in [1.29, 1.82) is 0 Å². The van der Waals surface area contributed by atoms with Crippen LogP contribution in [0.4, 0.5) is 16.3 Å². The molecule has 3 rings (SSSR count). The number of aliphatic hydroxyl groups is 1. The zero-order valence-electron chi connectivity index (χ0n) is 15.5. The van der Waals surface area contributed by atoms with Crippen LogP contribution < -0.4 is 9.80 Å². The SMILES string of the molecule is CC(C)(C)OC(=O)N1CCN(c2ccc(N3CC(O)CC3=O)nc2)CC1. The Morgan fingerprint density at radius 2 is 1.92 bits per heavy atom. The molecule has 0 spiro atoms. The molecule has 2 aliphatic heterocycles. The van der Waals surface area contributed by atoms with Gasteiger partial charge >= 0.3 is 6.09 Å². The number of pyridine rings is 1. The van der Waals surface area contributed by atoms with Gasteiger partial charge in [-0.2, -0.15) is 0 Å². The molecule has 2 amide bonds. The van der Waals surface area contributed by atoms with Crippen LogP contribution >= 0.6 is 0 Å². The van der Waals surface area contributed by atoms with E-state index in [1.807, 2.05) is 26.8 Å². The van der Waals surface area contributed by atoms with Gasteiger partial charge in [0, 0.05) is 26.2 Å². The smallest absolute Gasteiger partial charge is 0.410 e. The number of nitrogens with zero attached hydrogens (tertiary/aromatic N) is 4. The Hall–Kier alpha value is -2.35. The molecule has 142 valence electrons. The lowest BCUT2D eigenvalue weighted by Gasteiger charge is -2.36. The van der Waals surface area contributed by atoms with E-state index >= 15 is 0 Å². The standard InChI is InChI=1S/C18H26N4O4/c1-18(2,3)26-17(25)21-8-6-20(7-9-21)13-4-5-15(19-11-13)22-12-14(23)10-16(22)24/h4-5,11,14,23H,6-10,12H2,1-3H3. The number of carbonyl (C=O) groups excluding carboxylic acids is 2. The first-order valence-electron chi connectivity index (χ1n) is 8.90. The van der Waals surface area contributed by atoms with Crippen molar-refractivity contribution < 1.29 is 19.4 Å². The van der Waals surface area contributed by atoms with Crippen LogP contribution in [-0.4, -0.2) is 71.4 Å². The van der Waals surface area contributed by atoms with E-state index in [0.29, 0.717) is 38.5 Å². The number of anilines is 2. The van der Waals surface area contributed by atoms with Crippen molar-refractivity contribution in [3.8, 4) is 0 Å². The zero-order chi connectivity index (χ0) is 18.9. The molecule has 26 heavy (non-hydrogen) atoms. The average molecular weight is 362 g/mol. The summed E-state index contributed by atoms with van der Waals surface area (Å²) in [6, 6.07) is 3.72. The molecule has 1 atom stereocenters. The number of β-amino-alcohol motifs (C(OH)–C–C–N with tert-alkyl or cyclic N) is 1. The molecule has 0 aromatic carbocycles. The molecule has 8 nitrogen and oxygen atoms in total. The predicted octanol–water partition coefficient (Wildman–Crippen LogP) is 1.24. The van der Waals surface area contributed by atoms with E-state index in [-0.39, 0.29) is 18.4 Å². The maximum Gasteiger partial charge on any atom is 0.410 e. The van der Waals surface area contributed by atoms with Gasteiger partial charge in [0.05, 0.1) is 31.0 Å². The van der Waals surface area contributed by atoms with Crippen molar-refractivity contribution in [2.45, 2.75) is 38.9 Å². The highest BCUT2D eigenvalue weighted by Gasteiger charge is 2.30. The molecule has 0 bridgehead atoms. The van der Waals surface area contributed by atoms with Gasteiger partial charge in [-0.1, -0.05) is 0 Å². The Morgan fingerprint density at radius 3 is 2.42 bits per heavy atom. The second-order valence-electron chi connectivity index (χ2n) is 7.69.